The largest absolute Gasteiger partial charge is 0.477 e. The summed E-state index contributed by atoms with van der Waals surface area (Å²) in [4.78, 5) is 10.4. The summed E-state index contributed by atoms with van der Waals surface area (Å²) in [5, 5.41) is 5.82. The minimum absolute atomic E-state index is 0.105. The van der Waals surface area contributed by atoms with Crippen LogP contribution in [-0.4, -0.2) is 38.1 Å². The van der Waals surface area contributed by atoms with Crippen LogP contribution in [0.5, 0.6) is 5.88 Å². The Bertz CT molecular complexity index is 740. The molecule has 0 radical (unpaired) electrons. The van der Waals surface area contributed by atoms with Gasteiger partial charge in [0, 0.05) is 25.4 Å². The summed E-state index contributed by atoms with van der Waals surface area (Å²) in [7, 11) is -3.67. The van der Waals surface area contributed by atoms with Crippen LogP contribution in [0.25, 0.3) is 0 Å². The molecule has 1 fully saturated rings. The predicted octanol–water partition coefficient (Wildman–Crippen LogP) is 1.48. The standard InChI is InChI=1S/C14H18N4O3S2/c15-23(19,20)13-9-17-14(22-13)18-7-4-11(5-8-18)10-21-12-3-1-2-6-16-12/h1-3,6,9,11H,4-5,7-8,10H2,(H2,15,19,20). The Kier molecular flexibility index (Phi) is 4.79. The Labute approximate surface area is 139 Å². The molecule has 2 aromatic rings. The summed E-state index contributed by atoms with van der Waals surface area (Å²) in [6, 6.07) is 5.60. The van der Waals surface area contributed by atoms with Gasteiger partial charge in [-0.1, -0.05) is 17.4 Å². The van der Waals surface area contributed by atoms with E-state index in [-0.39, 0.29) is 4.21 Å². The fraction of sp³-hybridized carbons (Fsp3) is 0.429. The Balaban J connectivity index is 1.51. The maximum atomic E-state index is 11.3. The minimum atomic E-state index is -3.67. The van der Waals surface area contributed by atoms with Gasteiger partial charge in [0.2, 0.25) is 15.9 Å². The molecule has 7 nitrogen and oxygen atoms in total. The number of hydrogen-bond acceptors (Lipinski definition) is 7. The summed E-state index contributed by atoms with van der Waals surface area (Å²) >= 11 is 1.12. The van der Waals surface area contributed by atoms with Crippen LogP contribution in [0.1, 0.15) is 12.8 Å². The van der Waals surface area contributed by atoms with E-state index >= 15 is 0 Å². The number of pyridine rings is 1. The Morgan fingerprint density at radius 3 is 2.70 bits per heavy atom. The zero-order valence-electron chi connectivity index (χ0n) is 12.5. The molecule has 0 spiro atoms. The van der Waals surface area contributed by atoms with Crippen LogP contribution in [0.2, 0.25) is 0 Å². The molecule has 0 atom stereocenters. The van der Waals surface area contributed by atoms with E-state index < -0.39 is 10.0 Å². The van der Waals surface area contributed by atoms with Crippen molar-refractivity contribution in [3.8, 4) is 5.88 Å². The molecule has 1 aliphatic heterocycles. The van der Waals surface area contributed by atoms with Crippen molar-refractivity contribution in [2.45, 2.75) is 17.1 Å². The summed E-state index contributed by atoms with van der Waals surface area (Å²) in [5.74, 6) is 1.11. The lowest BCUT2D eigenvalue weighted by Gasteiger charge is -2.31. The van der Waals surface area contributed by atoms with Gasteiger partial charge in [-0.2, -0.15) is 0 Å². The topological polar surface area (TPSA) is 98.4 Å². The van der Waals surface area contributed by atoms with Crippen molar-refractivity contribution in [3.63, 3.8) is 0 Å². The molecule has 2 N–H and O–H groups in total. The molecule has 3 rings (SSSR count). The van der Waals surface area contributed by atoms with Crippen molar-refractivity contribution in [2.24, 2.45) is 11.1 Å². The molecule has 2 aromatic heterocycles. The fourth-order valence-corrected chi connectivity index (χ4v) is 4.05. The number of thiazole rings is 1. The highest BCUT2D eigenvalue weighted by molar-refractivity contribution is 7.91. The molecule has 0 unspecified atom stereocenters. The SMILES string of the molecule is NS(=O)(=O)c1cnc(N2CCC(COc3ccccn3)CC2)s1. The van der Waals surface area contributed by atoms with Crippen molar-refractivity contribution in [1.82, 2.24) is 9.97 Å². The number of hydrogen-bond donors (Lipinski definition) is 1. The Hall–Kier alpha value is -1.71. The number of nitrogens with zero attached hydrogens (tertiary/aromatic N) is 3. The Morgan fingerprint density at radius 1 is 1.30 bits per heavy atom. The lowest BCUT2D eigenvalue weighted by molar-refractivity contribution is 0.216. The second kappa shape index (κ2) is 6.81. The van der Waals surface area contributed by atoms with E-state index in [4.69, 9.17) is 9.88 Å². The number of anilines is 1. The lowest BCUT2D eigenvalue weighted by atomic mass is 9.98. The summed E-state index contributed by atoms with van der Waals surface area (Å²) in [6.07, 6.45) is 4.98. The molecule has 9 heteroatoms. The van der Waals surface area contributed by atoms with Crippen molar-refractivity contribution in [3.05, 3.63) is 30.6 Å². The molecule has 124 valence electrons. The zero-order chi connectivity index (χ0) is 16.3. The number of aromatic nitrogens is 2. The normalized spacial score (nSPS) is 16.5. The van der Waals surface area contributed by atoms with E-state index in [9.17, 15) is 8.42 Å². The molecule has 0 aliphatic carbocycles. The average molecular weight is 354 g/mol. The van der Waals surface area contributed by atoms with Gasteiger partial charge in [-0.25, -0.2) is 23.5 Å². The van der Waals surface area contributed by atoms with Crippen LogP contribution in [0.3, 0.4) is 0 Å². The molecular formula is C14H18N4O3S2. The molecule has 0 amide bonds. The van der Waals surface area contributed by atoms with Crippen LogP contribution >= 0.6 is 11.3 Å². The smallest absolute Gasteiger partial charge is 0.249 e. The van der Waals surface area contributed by atoms with Gasteiger partial charge < -0.3 is 9.64 Å². The third-order valence-corrected chi connectivity index (χ3v) is 6.21. The summed E-state index contributed by atoms with van der Waals surface area (Å²) in [5.41, 5.74) is 0. The van der Waals surface area contributed by atoms with Gasteiger partial charge in [0.1, 0.15) is 0 Å². The minimum Gasteiger partial charge on any atom is -0.477 e. The predicted molar refractivity (Wildman–Crippen MR) is 88.2 cm³/mol. The van der Waals surface area contributed by atoms with Gasteiger partial charge in [-0.15, -0.1) is 0 Å². The van der Waals surface area contributed by atoms with Crippen LogP contribution in [0.4, 0.5) is 5.13 Å². The first-order valence-corrected chi connectivity index (χ1v) is 9.66. The molecule has 0 aromatic carbocycles. The fourth-order valence-electron chi connectivity index (χ4n) is 2.45. The second-order valence-corrected chi connectivity index (χ2v) is 8.21. The highest BCUT2D eigenvalue weighted by atomic mass is 32.2. The Morgan fingerprint density at radius 2 is 2.09 bits per heavy atom. The maximum Gasteiger partial charge on any atom is 0.249 e. The van der Waals surface area contributed by atoms with Gasteiger partial charge in [0.15, 0.2) is 9.34 Å². The number of sulfonamides is 1. The molecule has 0 saturated carbocycles. The van der Waals surface area contributed by atoms with E-state index in [1.54, 1.807) is 6.20 Å². The van der Waals surface area contributed by atoms with Crippen molar-refractivity contribution >= 4 is 26.5 Å². The second-order valence-electron chi connectivity index (χ2n) is 5.42. The van der Waals surface area contributed by atoms with E-state index in [0.717, 1.165) is 37.3 Å². The molecule has 1 saturated heterocycles. The number of nitrogens with two attached hydrogens (primary N) is 1. The number of ether oxygens (including phenoxy) is 1. The van der Waals surface area contributed by atoms with Crippen molar-refractivity contribution in [1.29, 1.82) is 0 Å². The van der Waals surface area contributed by atoms with Gasteiger partial charge in [0.25, 0.3) is 0 Å². The van der Waals surface area contributed by atoms with Gasteiger partial charge in [0.05, 0.1) is 12.8 Å². The average Bonchev–Trinajstić information content (AvgIpc) is 3.05. The highest BCUT2D eigenvalue weighted by Gasteiger charge is 2.23. The first-order chi connectivity index (χ1) is 11.0. The van der Waals surface area contributed by atoms with E-state index in [2.05, 4.69) is 14.9 Å². The van der Waals surface area contributed by atoms with Gasteiger partial charge in [-0.05, 0) is 24.8 Å². The summed E-state index contributed by atoms with van der Waals surface area (Å²) < 4.78 is 28.4. The van der Waals surface area contributed by atoms with Crippen molar-refractivity contribution in [2.75, 3.05) is 24.6 Å². The van der Waals surface area contributed by atoms with Crippen LogP contribution in [-0.2, 0) is 10.0 Å². The van der Waals surface area contributed by atoms with Gasteiger partial charge in [-0.3, -0.25) is 0 Å². The highest BCUT2D eigenvalue weighted by Crippen LogP contribution is 2.29. The van der Waals surface area contributed by atoms with E-state index in [1.165, 1.54) is 6.20 Å². The molecule has 1 aliphatic rings. The molecular weight excluding hydrogens is 336 g/mol. The number of primary sulfonamides is 1. The van der Waals surface area contributed by atoms with E-state index in [1.807, 2.05) is 18.2 Å². The van der Waals surface area contributed by atoms with Crippen LogP contribution < -0.4 is 14.8 Å². The quantitative estimate of drug-likeness (QED) is 0.873. The zero-order valence-corrected chi connectivity index (χ0v) is 14.1. The first-order valence-electron chi connectivity index (χ1n) is 7.30. The third kappa shape index (κ3) is 4.18. The molecule has 0 bridgehead atoms. The monoisotopic (exact) mass is 354 g/mol. The van der Waals surface area contributed by atoms with Crippen molar-refractivity contribution < 1.29 is 13.2 Å². The first kappa shape index (κ1) is 16.2. The number of piperidine rings is 1. The molecule has 3 heterocycles. The lowest BCUT2D eigenvalue weighted by Crippen LogP contribution is -2.35. The van der Waals surface area contributed by atoms with Crippen LogP contribution in [0, 0.1) is 5.92 Å². The molecule has 23 heavy (non-hydrogen) atoms. The third-order valence-electron chi connectivity index (χ3n) is 3.74. The van der Waals surface area contributed by atoms with E-state index in [0.29, 0.717) is 23.5 Å². The summed E-state index contributed by atoms with van der Waals surface area (Å²) in [6.45, 7) is 2.30. The maximum absolute atomic E-state index is 11.3. The van der Waals surface area contributed by atoms with Crippen LogP contribution in [0.15, 0.2) is 34.8 Å². The van der Waals surface area contributed by atoms with Gasteiger partial charge >= 0.3 is 0 Å². The number of rotatable bonds is 5.